The average molecular weight is 254 g/mol. The minimum atomic E-state index is -1.10. The molecule has 4 atom stereocenters. The molecular formula is C12H18N2O4. The molecule has 18 heavy (non-hydrogen) atoms. The van der Waals surface area contributed by atoms with Gasteiger partial charge in [-0.1, -0.05) is 0 Å². The van der Waals surface area contributed by atoms with Crippen LogP contribution in [0.2, 0.25) is 0 Å². The number of aryl methyl sites for hydroxylation is 2. The quantitative estimate of drug-likeness (QED) is 0.583. The fraction of sp³-hybridized carbons (Fsp3) is 0.583. The van der Waals surface area contributed by atoms with Crippen molar-refractivity contribution in [2.45, 2.75) is 38.4 Å². The van der Waals surface area contributed by atoms with Crippen molar-refractivity contribution in [2.24, 2.45) is 0 Å². The lowest BCUT2D eigenvalue weighted by Gasteiger charge is -2.17. The molecule has 6 nitrogen and oxygen atoms in total. The van der Waals surface area contributed by atoms with Crippen LogP contribution in [0, 0.1) is 13.8 Å². The van der Waals surface area contributed by atoms with Gasteiger partial charge >= 0.3 is 0 Å². The molecule has 1 aliphatic heterocycles. The van der Waals surface area contributed by atoms with Gasteiger partial charge in [-0.3, -0.25) is 0 Å². The van der Waals surface area contributed by atoms with Crippen molar-refractivity contribution >= 4 is 5.82 Å². The first-order valence-electron chi connectivity index (χ1n) is 5.85. The topological polar surface area (TPSA) is 94.8 Å². The van der Waals surface area contributed by atoms with Crippen LogP contribution < -0.4 is 5.32 Å². The van der Waals surface area contributed by atoms with Crippen molar-refractivity contribution in [1.82, 2.24) is 4.98 Å². The van der Waals surface area contributed by atoms with Crippen LogP contribution in [0.1, 0.15) is 11.1 Å². The second kappa shape index (κ2) is 5.19. The molecule has 1 aromatic rings. The maximum absolute atomic E-state index is 9.77. The Labute approximate surface area is 105 Å². The first kappa shape index (κ1) is 13.2. The Hall–Kier alpha value is -1.21. The standard InChI is InChI=1S/C12H18N2O4/c1-6-3-9(13-4-7(6)2)14-12-11(17)10(16)8(5-15)18-12/h3-4,8,10-12,15-17H,5H2,1-2H3,(H,13,14)/t8-,10-,11-,12-/m1/s1. The Morgan fingerprint density at radius 2 is 2.00 bits per heavy atom. The second-order valence-electron chi connectivity index (χ2n) is 4.56. The minimum absolute atomic E-state index is 0.337. The van der Waals surface area contributed by atoms with E-state index >= 15 is 0 Å². The zero-order valence-electron chi connectivity index (χ0n) is 10.4. The normalized spacial score (nSPS) is 31.6. The predicted molar refractivity (Wildman–Crippen MR) is 65.1 cm³/mol. The number of anilines is 1. The van der Waals surface area contributed by atoms with Crippen molar-refractivity contribution in [1.29, 1.82) is 0 Å². The lowest BCUT2D eigenvalue weighted by molar-refractivity contribution is -0.0154. The summed E-state index contributed by atoms with van der Waals surface area (Å²) in [5.74, 6) is 0.563. The van der Waals surface area contributed by atoms with Gasteiger partial charge in [0.1, 0.15) is 24.1 Å². The molecule has 1 aliphatic rings. The number of ether oxygens (including phenoxy) is 1. The van der Waals surface area contributed by atoms with E-state index < -0.39 is 24.5 Å². The van der Waals surface area contributed by atoms with Gasteiger partial charge in [0.15, 0.2) is 6.23 Å². The molecule has 0 amide bonds. The van der Waals surface area contributed by atoms with E-state index in [4.69, 9.17) is 9.84 Å². The van der Waals surface area contributed by atoms with Crippen molar-refractivity contribution in [2.75, 3.05) is 11.9 Å². The Morgan fingerprint density at radius 3 is 2.56 bits per heavy atom. The molecule has 1 fully saturated rings. The van der Waals surface area contributed by atoms with Crippen LogP contribution in [-0.4, -0.2) is 51.5 Å². The molecule has 0 saturated carbocycles. The zero-order valence-corrected chi connectivity index (χ0v) is 10.4. The number of aliphatic hydroxyl groups excluding tert-OH is 3. The van der Waals surface area contributed by atoms with Crippen LogP contribution in [0.4, 0.5) is 5.82 Å². The molecule has 4 N–H and O–H groups in total. The monoisotopic (exact) mass is 254 g/mol. The number of nitrogens with zero attached hydrogens (tertiary/aromatic N) is 1. The van der Waals surface area contributed by atoms with Gasteiger partial charge < -0.3 is 25.4 Å². The Bertz CT molecular complexity index is 427. The van der Waals surface area contributed by atoms with Crippen LogP contribution in [0.5, 0.6) is 0 Å². The number of aliphatic hydroxyl groups is 3. The lowest BCUT2D eigenvalue weighted by Crippen LogP contribution is -2.36. The van der Waals surface area contributed by atoms with Crippen LogP contribution in [0.3, 0.4) is 0 Å². The number of hydrogen-bond donors (Lipinski definition) is 4. The molecule has 100 valence electrons. The lowest BCUT2D eigenvalue weighted by atomic mass is 10.1. The molecule has 1 saturated heterocycles. The van der Waals surface area contributed by atoms with Crippen molar-refractivity contribution in [3.8, 4) is 0 Å². The summed E-state index contributed by atoms with van der Waals surface area (Å²) in [6.07, 6.45) is -2.01. The third kappa shape index (κ3) is 2.46. The van der Waals surface area contributed by atoms with Gasteiger partial charge in [-0.25, -0.2) is 4.98 Å². The first-order valence-corrected chi connectivity index (χ1v) is 5.85. The third-order valence-corrected chi connectivity index (χ3v) is 3.21. The molecule has 0 aromatic carbocycles. The molecule has 1 aromatic heterocycles. The molecule has 2 rings (SSSR count). The molecule has 0 spiro atoms. The molecule has 0 bridgehead atoms. The van der Waals surface area contributed by atoms with E-state index in [9.17, 15) is 10.2 Å². The van der Waals surface area contributed by atoms with Gasteiger partial charge in [-0.15, -0.1) is 0 Å². The summed E-state index contributed by atoms with van der Waals surface area (Å²) in [5, 5.41) is 31.3. The summed E-state index contributed by atoms with van der Waals surface area (Å²) in [6, 6.07) is 1.84. The molecule has 0 aliphatic carbocycles. The van der Waals surface area contributed by atoms with E-state index in [0.717, 1.165) is 11.1 Å². The third-order valence-electron chi connectivity index (χ3n) is 3.21. The predicted octanol–water partition coefficient (Wildman–Crippen LogP) is -0.451. The van der Waals surface area contributed by atoms with Gasteiger partial charge in [0.2, 0.25) is 0 Å². The summed E-state index contributed by atoms with van der Waals surface area (Å²) in [4.78, 5) is 4.17. The number of pyridine rings is 1. The highest BCUT2D eigenvalue weighted by molar-refractivity contribution is 5.41. The number of hydrogen-bond acceptors (Lipinski definition) is 6. The largest absolute Gasteiger partial charge is 0.394 e. The zero-order chi connectivity index (χ0) is 13.3. The molecule has 2 heterocycles. The molecule has 0 unspecified atom stereocenters. The van der Waals surface area contributed by atoms with Gasteiger partial charge in [-0.05, 0) is 31.0 Å². The van der Waals surface area contributed by atoms with E-state index in [1.807, 2.05) is 19.9 Å². The second-order valence-corrected chi connectivity index (χ2v) is 4.56. The van der Waals surface area contributed by atoms with E-state index in [1.54, 1.807) is 6.20 Å². The SMILES string of the molecule is Cc1cnc(N[C@@H]2O[C@H](CO)[C@@H](O)[C@H]2O)cc1C. The smallest absolute Gasteiger partial charge is 0.158 e. The summed E-state index contributed by atoms with van der Waals surface area (Å²) < 4.78 is 5.31. The van der Waals surface area contributed by atoms with Crippen LogP contribution in [-0.2, 0) is 4.74 Å². The van der Waals surface area contributed by atoms with Crippen molar-refractivity contribution < 1.29 is 20.1 Å². The maximum Gasteiger partial charge on any atom is 0.158 e. The first-order chi connectivity index (χ1) is 8.52. The maximum atomic E-state index is 9.77. The summed E-state index contributed by atoms with van der Waals surface area (Å²) >= 11 is 0. The van der Waals surface area contributed by atoms with Crippen molar-refractivity contribution in [3.05, 3.63) is 23.4 Å². The number of aromatic nitrogens is 1. The summed E-state index contributed by atoms with van der Waals surface area (Å²) in [6.45, 7) is 3.58. The van der Waals surface area contributed by atoms with Crippen LogP contribution >= 0.6 is 0 Å². The number of rotatable bonds is 3. The van der Waals surface area contributed by atoms with Gasteiger partial charge in [0, 0.05) is 6.20 Å². The highest BCUT2D eigenvalue weighted by Gasteiger charge is 2.42. The minimum Gasteiger partial charge on any atom is -0.394 e. The van der Waals surface area contributed by atoms with E-state index in [1.165, 1.54) is 0 Å². The number of nitrogens with one attached hydrogen (secondary N) is 1. The van der Waals surface area contributed by atoms with Gasteiger partial charge in [-0.2, -0.15) is 0 Å². The highest BCUT2D eigenvalue weighted by atomic mass is 16.6. The highest BCUT2D eigenvalue weighted by Crippen LogP contribution is 2.22. The fourth-order valence-electron chi connectivity index (χ4n) is 1.87. The van der Waals surface area contributed by atoms with Crippen LogP contribution in [0.15, 0.2) is 12.3 Å². The van der Waals surface area contributed by atoms with E-state index in [-0.39, 0.29) is 6.61 Å². The Balaban J connectivity index is 2.07. The van der Waals surface area contributed by atoms with Gasteiger partial charge in [0.05, 0.1) is 6.61 Å². The molecular weight excluding hydrogens is 236 g/mol. The Morgan fingerprint density at radius 1 is 1.28 bits per heavy atom. The van der Waals surface area contributed by atoms with Crippen molar-refractivity contribution in [3.63, 3.8) is 0 Å². The van der Waals surface area contributed by atoms with E-state index in [0.29, 0.717) is 5.82 Å². The Kier molecular flexibility index (Phi) is 3.82. The molecule has 0 radical (unpaired) electrons. The summed E-state index contributed by atoms with van der Waals surface area (Å²) in [7, 11) is 0. The van der Waals surface area contributed by atoms with Crippen LogP contribution in [0.25, 0.3) is 0 Å². The van der Waals surface area contributed by atoms with Gasteiger partial charge in [0.25, 0.3) is 0 Å². The summed E-state index contributed by atoms with van der Waals surface area (Å²) in [5.41, 5.74) is 2.14. The average Bonchev–Trinajstić information content (AvgIpc) is 2.62. The fourth-order valence-corrected chi connectivity index (χ4v) is 1.87. The van der Waals surface area contributed by atoms with E-state index in [2.05, 4.69) is 10.3 Å². The molecule has 6 heteroatoms.